The molecule has 0 aliphatic carbocycles. The van der Waals surface area contributed by atoms with Crippen molar-refractivity contribution < 1.29 is 13.9 Å². The van der Waals surface area contributed by atoms with Crippen LogP contribution in [0.25, 0.3) is 0 Å². The maximum absolute atomic E-state index is 11.8. The van der Waals surface area contributed by atoms with E-state index in [1.807, 2.05) is 6.92 Å². The fourth-order valence-corrected chi connectivity index (χ4v) is 2.09. The first-order valence-corrected chi connectivity index (χ1v) is 6.32. The highest BCUT2D eigenvalue weighted by Gasteiger charge is 2.18. The van der Waals surface area contributed by atoms with E-state index in [9.17, 15) is 4.79 Å². The molecule has 5 heteroatoms. The van der Waals surface area contributed by atoms with Gasteiger partial charge in [0.1, 0.15) is 0 Å². The molecule has 1 atom stereocenters. The van der Waals surface area contributed by atoms with E-state index in [-0.39, 0.29) is 5.91 Å². The predicted octanol–water partition coefficient (Wildman–Crippen LogP) is 1.04. The van der Waals surface area contributed by atoms with Crippen molar-refractivity contribution in [3.05, 3.63) is 23.7 Å². The lowest BCUT2D eigenvalue weighted by atomic mass is 10.2. The highest BCUT2D eigenvalue weighted by molar-refractivity contribution is 5.92. The van der Waals surface area contributed by atoms with E-state index >= 15 is 0 Å². The van der Waals surface area contributed by atoms with Crippen molar-refractivity contribution in [2.75, 3.05) is 32.8 Å². The Kier molecular flexibility index (Phi) is 4.38. The van der Waals surface area contributed by atoms with Crippen molar-refractivity contribution in [3.8, 4) is 0 Å². The van der Waals surface area contributed by atoms with E-state index in [4.69, 9.17) is 9.15 Å². The number of ether oxygens (including phenoxy) is 1. The Bertz CT molecular complexity index is 403. The first-order chi connectivity index (χ1) is 8.68. The lowest BCUT2D eigenvalue weighted by molar-refractivity contribution is 0.000511. The topological polar surface area (TPSA) is 54.7 Å². The van der Waals surface area contributed by atoms with Crippen LogP contribution in [0.3, 0.4) is 0 Å². The molecule has 1 saturated heterocycles. The molecule has 1 aliphatic heterocycles. The quantitative estimate of drug-likeness (QED) is 0.870. The van der Waals surface area contributed by atoms with Crippen molar-refractivity contribution in [2.45, 2.75) is 19.9 Å². The summed E-state index contributed by atoms with van der Waals surface area (Å²) in [5.41, 5.74) is 0.868. The van der Waals surface area contributed by atoms with Crippen LogP contribution < -0.4 is 5.32 Å². The number of hydrogen-bond donors (Lipinski definition) is 1. The Morgan fingerprint density at radius 3 is 3.11 bits per heavy atom. The van der Waals surface area contributed by atoms with Gasteiger partial charge < -0.3 is 14.5 Å². The van der Waals surface area contributed by atoms with Crippen LogP contribution in [0.5, 0.6) is 0 Å². The minimum atomic E-state index is -0.140. The molecule has 1 aromatic heterocycles. The average Bonchev–Trinajstić information content (AvgIpc) is 2.78. The summed E-state index contributed by atoms with van der Waals surface area (Å²) in [7, 11) is 0. The predicted molar refractivity (Wildman–Crippen MR) is 67.6 cm³/mol. The van der Waals surface area contributed by atoms with Crippen LogP contribution >= 0.6 is 0 Å². The van der Waals surface area contributed by atoms with Gasteiger partial charge in [0.05, 0.1) is 19.5 Å². The summed E-state index contributed by atoms with van der Waals surface area (Å²) in [5, 5.41) is 2.88. The maximum atomic E-state index is 11.8. The summed E-state index contributed by atoms with van der Waals surface area (Å²) in [6.07, 6.45) is 1.54. The van der Waals surface area contributed by atoms with E-state index in [0.29, 0.717) is 18.3 Å². The van der Waals surface area contributed by atoms with Crippen LogP contribution in [-0.2, 0) is 4.74 Å². The molecule has 5 nitrogen and oxygen atoms in total. The van der Waals surface area contributed by atoms with E-state index in [1.165, 1.54) is 6.26 Å². The van der Waals surface area contributed by atoms with Gasteiger partial charge in [-0.1, -0.05) is 0 Å². The number of nitrogens with zero attached hydrogens (tertiary/aromatic N) is 1. The van der Waals surface area contributed by atoms with Crippen LogP contribution in [0.15, 0.2) is 16.7 Å². The summed E-state index contributed by atoms with van der Waals surface area (Å²) >= 11 is 0. The second-order valence-electron chi connectivity index (χ2n) is 4.65. The third-order valence-electron chi connectivity index (χ3n) is 3.26. The van der Waals surface area contributed by atoms with Gasteiger partial charge in [-0.3, -0.25) is 9.69 Å². The zero-order chi connectivity index (χ0) is 13.0. The fourth-order valence-electron chi connectivity index (χ4n) is 2.09. The van der Waals surface area contributed by atoms with E-state index in [2.05, 4.69) is 17.1 Å². The second-order valence-corrected chi connectivity index (χ2v) is 4.65. The molecule has 18 heavy (non-hydrogen) atoms. The van der Waals surface area contributed by atoms with Gasteiger partial charge in [-0.15, -0.1) is 0 Å². The molecular weight excluding hydrogens is 232 g/mol. The lowest BCUT2D eigenvalue weighted by Crippen LogP contribution is -2.46. The molecule has 0 aromatic carbocycles. The van der Waals surface area contributed by atoms with Crippen molar-refractivity contribution in [3.63, 3.8) is 0 Å². The smallest absolute Gasteiger partial charge is 0.287 e. The largest absolute Gasteiger partial charge is 0.459 e. The molecule has 0 radical (unpaired) electrons. The molecule has 0 saturated carbocycles. The Balaban J connectivity index is 1.75. The molecule has 100 valence electrons. The van der Waals surface area contributed by atoms with E-state index in [0.717, 1.165) is 31.9 Å². The molecule has 1 fully saturated rings. The van der Waals surface area contributed by atoms with Gasteiger partial charge in [0.2, 0.25) is 0 Å². The molecule has 1 N–H and O–H groups in total. The summed E-state index contributed by atoms with van der Waals surface area (Å²) in [6, 6.07) is 2.21. The standard InChI is InChI=1S/C13H20N2O3/c1-10-3-7-18-12(10)13(16)14-4-5-15-6-8-17-9-11(15)2/h3,7,11H,4-6,8-9H2,1-2H3,(H,14,16). The van der Waals surface area contributed by atoms with Crippen molar-refractivity contribution in [1.29, 1.82) is 0 Å². The van der Waals surface area contributed by atoms with Gasteiger partial charge in [0, 0.05) is 31.2 Å². The number of carbonyl (C=O) groups excluding carboxylic acids is 1. The Morgan fingerprint density at radius 2 is 2.44 bits per heavy atom. The van der Waals surface area contributed by atoms with Gasteiger partial charge in [0.25, 0.3) is 5.91 Å². The van der Waals surface area contributed by atoms with E-state index < -0.39 is 0 Å². The van der Waals surface area contributed by atoms with Gasteiger partial charge >= 0.3 is 0 Å². The minimum Gasteiger partial charge on any atom is -0.459 e. The lowest BCUT2D eigenvalue weighted by Gasteiger charge is -2.33. The second kappa shape index (κ2) is 6.02. The number of aryl methyl sites for hydroxylation is 1. The summed E-state index contributed by atoms with van der Waals surface area (Å²) in [5.74, 6) is 0.267. The van der Waals surface area contributed by atoms with E-state index in [1.54, 1.807) is 6.07 Å². The molecule has 1 aromatic rings. The number of hydrogen-bond acceptors (Lipinski definition) is 4. The highest BCUT2D eigenvalue weighted by Crippen LogP contribution is 2.08. The summed E-state index contributed by atoms with van der Waals surface area (Å²) < 4.78 is 10.5. The molecule has 1 aliphatic rings. The highest BCUT2D eigenvalue weighted by atomic mass is 16.5. The number of furan rings is 1. The third-order valence-corrected chi connectivity index (χ3v) is 3.26. The number of rotatable bonds is 4. The molecule has 0 bridgehead atoms. The van der Waals surface area contributed by atoms with Crippen LogP contribution in [0.4, 0.5) is 0 Å². The Morgan fingerprint density at radius 1 is 1.61 bits per heavy atom. The number of carbonyl (C=O) groups is 1. The van der Waals surface area contributed by atoms with Gasteiger partial charge in [-0.05, 0) is 19.9 Å². The number of nitrogens with one attached hydrogen (secondary N) is 1. The molecule has 2 heterocycles. The van der Waals surface area contributed by atoms with Crippen molar-refractivity contribution in [1.82, 2.24) is 10.2 Å². The molecule has 2 rings (SSSR count). The van der Waals surface area contributed by atoms with Crippen LogP contribution in [0, 0.1) is 6.92 Å². The molecular formula is C13H20N2O3. The van der Waals surface area contributed by atoms with Crippen molar-refractivity contribution >= 4 is 5.91 Å². The van der Waals surface area contributed by atoms with Gasteiger partial charge in [0.15, 0.2) is 5.76 Å². The minimum absolute atomic E-state index is 0.140. The first-order valence-electron chi connectivity index (χ1n) is 6.32. The maximum Gasteiger partial charge on any atom is 0.287 e. The third kappa shape index (κ3) is 3.11. The monoisotopic (exact) mass is 252 g/mol. The average molecular weight is 252 g/mol. The Labute approximate surface area is 107 Å². The first kappa shape index (κ1) is 13.1. The van der Waals surface area contributed by atoms with Crippen LogP contribution in [0.1, 0.15) is 23.0 Å². The summed E-state index contributed by atoms with van der Waals surface area (Å²) in [4.78, 5) is 14.1. The van der Waals surface area contributed by atoms with Crippen LogP contribution in [0.2, 0.25) is 0 Å². The zero-order valence-electron chi connectivity index (χ0n) is 10.9. The zero-order valence-corrected chi connectivity index (χ0v) is 10.9. The molecule has 1 unspecified atom stereocenters. The van der Waals surface area contributed by atoms with Crippen molar-refractivity contribution in [2.24, 2.45) is 0 Å². The molecule has 0 spiro atoms. The number of morpholine rings is 1. The Hall–Kier alpha value is -1.33. The molecule has 1 amide bonds. The van der Waals surface area contributed by atoms with Gasteiger partial charge in [-0.2, -0.15) is 0 Å². The van der Waals surface area contributed by atoms with Crippen LogP contribution in [-0.4, -0.2) is 49.7 Å². The number of amides is 1. The SMILES string of the molecule is Cc1ccoc1C(=O)NCCN1CCOCC1C. The normalized spacial score (nSPS) is 20.9. The fraction of sp³-hybridized carbons (Fsp3) is 0.615. The summed E-state index contributed by atoms with van der Waals surface area (Å²) in [6.45, 7) is 7.94. The van der Waals surface area contributed by atoms with Gasteiger partial charge in [-0.25, -0.2) is 0 Å².